The number of nitro groups is 1. The largest absolute Gasteiger partial charge is 0.393 e. The Morgan fingerprint density at radius 1 is 1.48 bits per heavy atom. The molecular weight excluding hydrogens is 272 g/mol. The Bertz CT molecular complexity index is 517. The van der Waals surface area contributed by atoms with Crippen molar-refractivity contribution in [2.45, 2.75) is 33.4 Å². The zero-order valence-electron chi connectivity index (χ0n) is 12.6. The Kier molecular flexibility index (Phi) is 6.10. The third kappa shape index (κ3) is 5.39. The number of nitrogens with two attached hydrogens (primary N) is 1. The first-order valence-corrected chi connectivity index (χ1v) is 6.88. The second kappa shape index (κ2) is 7.58. The number of anilines is 1. The lowest BCUT2D eigenvalue weighted by Crippen LogP contribution is -2.39. The van der Waals surface area contributed by atoms with Crippen LogP contribution >= 0.6 is 0 Å². The quantitative estimate of drug-likeness (QED) is 0.451. The number of hydrogen-bond acceptors (Lipinski definition) is 5. The number of rotatable bonds is 7. The summed E-state index contributed by atoms with van der Waals surface area (Å²) in [6.07, 6.45) is 0. The van der Waals surface area contributed by atoms with Crippen molar-refractivity contribution in [2.24, 2.45) is 0 Å². The van der Waals surface area contributed by atoms with Gasteiger partial charge in [-0.2, -0.15) is 0 Å². The molecule has 21 heavy (non-hydrogen) atoms. The summed E-state index contributed by atoms with van der Waals surface area (Å²) in [6.45, 7) is 7.27. The van der Waals surface area contributed by atoms with Crippen LogP contribution in [0.5, 0.6) is 0 Å². The summed E-state index contributed by atoms with van der Waals surface area (Å²) >= 11 is 0. The van der Waals surface area contributed by atoms with E-state index in [4.69, 9.17) is 5.73 Å². The molecule has 1 aromatic rings. The van der Waals surface area contributed by atoms with E-state index in [0.717, 1.165) is 5.56 Å². The highest BCUT2D eigenvalue weighted by atomic mass is 16.6. The molecule has 0 unspecified atom stereocenters. The molecule has 0 spiro atoms. The van der Waals surface area contributed by atoms with Gasteiger partial charge in [-0.05, 0) is 32.0 Å². The molecule has 1 rings (SSSR count). The highest BCUT2D eigenvalue weighted by molar-refractivity contribution is 5.78. The van der Waals surface area contributed by atoms with Crippen molar-refractivity contribution >= 4 is 17.3 Å². The van der Waals surface area contributed by atoms with E-state index in [9.17, 15) is 14.9 Å². The van der Waals surface area contributed by atoms with Gasteiger partial charge in [-0.15, -0.1) is 0 Å². The number of nitrogen functional groups attached to an aromatic ring is 1. The molecule has 0 saturated heterocycles. The van der Waals surface area contributed by atoms with E-state index in [0.29, 0.717) is 13.1 Å². The minimum absolute atomic E-state index is 0.0401. The van der Waals surface area contributed by atoms with Crippen LogP contribution in [0.15, 0.2) is 18.2 Å². The summed E-state index contributed by atoms with van der Waals surface area (Å²) in [7, 11) is 0. The minimum Gasteiger partial charge on any atom is -0.393 e. The molecule has 1 amide bonds. The molecule has 0 radical (unpaired) electrons. The number of nitrogens with one attached hydrogen (secondary N) is 1. The van der Waals surface area contributed by atoms with Gasteiger partial charge in [0.2, 0.25) is 5.91 Å². The second-order valence-electron chi connectivity index (χ2n) is 5.18. The van der Waals surface area contributed by atoms with Gasteiger partial charge in [0.1, 0.15) is 5.69 Å². The lowest BCUT2D eigenvalue weighted by atomic mass is 10.1. The molecule has 0 aliphatic rings. The molecule has 3 N–H and O–H groups in total. The van der Waals surface area contributed by atoms with Crippen LogP contribution in [0.3, 0.4) is 0 Å². The van der Waals surface area contributed by atoms with Crippen LogP contribution in [0.2, 0.25) is 0 Å². The van der Waals surface area contributed by atoms with E-state index in [2.05, 4.69) is 5.32 Å². The molecule has 7 nitrogen and oxygen atoms in total. The maximum absolute atomic E-state index is 11.8. The molecule has 0 fully saturated rings. The molecule has 0 aliphatic carbocycles. The Morgan fingerprint density at radius 2 is 2.14 bits per heavy atom. The van der Waals surface area contributed by atoms with Gasteiger partial charge in [-0.25, -0.2) is 0 Å². The fraction of sp³-hybridized carbons (Fsp3) is 0.500. The third-order valence-electron chi connectivity index (χ3n) is 2.96. The van der Waals surface area contributed by atoms with E-state index in [1.54, 1.807) is 12.1 Å². The van der Waals surface area contributed by atoms with Gasteiger partial charge in [-0.3, -0.25) is 19.8 Å². The SMILES string of the molecule is CCN(CC(=O)NC(C)C)Cc1ccc([N+](=O)[O-])c(N)c1. The van der Waals surface area contributed by atoms with Crippen molar-refractivity contribution in [3.63, 3.8) is 0 Å². The lowest BCUT2D eigenvalue weighted by molar-refractivity contribution is -0.383. The van der Waals surface area contributed by atoms with Crippen LogP contribution in [0.25, 0.3) is 0 Å². The highest BCUT2D eigenvalue weighted by Gasteiger charge is 2.14. The zero-order chi connectivity index (χ0) is 16.0. The van der Waals surface area contributed by atoms with Crippen LogP contribution < -0.4 is 11.1 Å². The minimum atomic E-state index is -0.507. The molecule has 0 heterocycles. The second-order valence-corrected chi connectivity index (χ2v) is 5.18. The van der Waals surface area contributed by atoms with Crippen LogP contribution in [0, 0.1) is 10.1 Å². The van der Waals surface area contributed by atoms with Crippen molar-refractivity contribution in [3.05, 3.63) is 33.9 Å². The number of nitrogens with zero attached hydrogens (tertiary/aromatic N) is 2. The summed E-state index contributed by atoms with van der Waals surface area (Å²) in [6, 6.07) is 4.75. The monoisotopic (exact) mass is 294 g/mol. The van der Waals surface area contributed by atoms with Crippen molar-refractivity contribution in [1.29, 1.82) is 0 Å². The number of hydrogen-bond donors (Lipinski definition) is 2. The first-order valence-electron chi connectivity index (χ1n) is 6.88. The van der Waals surface area contributed by atoms with E-state index in [-0.39, 0.29) is 29.9 Å². The van der Waals surface area contributed by atoms with Gasteiger partial charge in [0, 0.05) is 18.7 Å². The maximum atomic E-state index is 11.8. The standard InChI is InChI=1S/C14H22N4O3/c1-4-17(9-14(19)16-10(2)3)8-11-5-6-13(18(20)21)12(15)7-11/h5-7,10H,4,8-9,15H2,1-3H3,(H,16,19). The summed E-state index contributed by atoms with van der Waals surface area (Å²) in [5.41, 5.74) is 6.55. The number of likely N-dealkylation sites (N-methyl/N-ethyl adjacent to an activating group) is 1. The van der Waals surface area contributed by atoms with Gasteiger partial charge in [-0.1, -0.05) is 13.0 Å². The average Bonchev–Trinajstić information content (AvgIpc) is 2.36. The number of carbonyl (C=O) groups excluding carboxylic acids is 1. The summed E-state index contributed by atoms with van der Waals surface area (Å²) in [5.74, 6) is -0.0401. The zero-order valence-corrected chi connectivity index (χ0v) is 12.6. The van der Waals surface area contributed by atoms with Crippen molar-refractivity contribution in [1.82, 2.24) is 10.2 Å². The van der Waals surface area contributed by atoms with Crippen LogP contribution in [0.4, 0.5) is 11.4 Å². The molecule has 1 aromatic carbocycles. The Labute approximate surface area is 124 Å². The van der Waals surface area contributed by atoms with E-state index in [1.165, 1.54) is 6.07 Å². The van der Waals surface area contributed by atoms with Gasteiger partial charge in [0.15, 0.2) is 0 Å². The predicted molar refractivity (Wildman–Crippen MR) is 81.7 cm³/mol. The first kappa shape index (κ1) is 16.9. The van der Waals surface area contributed by atoms with Gasteiger partial charge in [0.05, 0.1) is 11.5 Å². The smallest absolute Gasteiger partial charge is 0.292 e. The Balaban J connectivity index is 2.71. The van der Waals surface area contributed by atoms with Crippen LogP contribution in [-0.4, -0.2) is 34.9 Å². The average molecular weight is 294 g/mol. The van der Waals surface area contributed by atoms with E-state index < -0.39 is 4.92 Å². The number of carbonyl (C=O) groups is 1. The molecule has 0 atom stereocenters. The molecule has 7 heteroatoms. The summed E-state index contributed by atoms with van der Waals surface area (Å²) < 4.78 is 0. The van der Waals surface area contributed by atoms with Gasteiger partial charge in [0.25, 0.3) is 5.69 Å². The molecule has 0 aliphatic heterocycles. The number of benzene rings is 1. The van der Waals surface area contributed by atoms with E-state index in [1.807, 2.05) is 25.7 Å². The summed E-state index contributed by atoms with van der Waals surface area (Å²) in [5, 5.41) is 13.6. The predicted octanol–water partition coefficient (Wildman–Crippen LogP) is 1.52. The molecule has 0 aromatic heterocycles. The van der Waals surface area contributed by atoms with Crippen molar-refractivity contribution in [2.75, 3.05) is 18.8 Å². The molecule has 0 bridgehead atoms. The van der Waals surface area contributed by atoms with Crippen molar-refractivity contribution in [3.8, 4) is 0 Å². The Morgan fingerprint density at radius 3 is 2.62 bits per heavy atom. The Hall–Kier alpha value is -2.15. The van der Waals surface area contributed by atoms with Crippen LogP contribution in [0.1, 0.15) is 26.3 Å². The maximum Gasteiger partial charge on any atom is 0.292 e. The fourth-order valence-corrected chi connectivity index (χ4v) is 1.98. The summed E-state index contributed by atoms with van der Waals surface area (Å²) in [4.78, 5) is 23.9. The van der Waals surface area contributed by atoms with Crippen molar-refractivity contribution < 1.29 is 9.72 Å². The fourth-order valence-electron chi connectivity index (χ4n) is 1.98. The number of nitro benzene ring substituents is 1. The normalized spacial score (nSPS) is 10.9. The van der Waals surface area contributed by atoms with Gasteiger partial charge < -0.3 is 11.1 Å². The highest BCUT2D eigenvalue weighted by Crippen LogP contribution is 2.22. The van der Waals surface area contributed by atoms with Crippen LogP contribution in [-0.2, 0) is 11.3 Å². The number of amides is 1. The lowest BCUT2D eigenvalue weighted by Gasteiger charge is -2.20. The van der Waals surface area contributed by atoms with E-state index >= 15 is 0 Å². The molecule has 116 valence electrons. The molecule has 0 saturated carbocycles. The topological polar surface area (TPSA) is 102 Å². The third-order valence-corrected chi connectivity index (χ3v) is 2.96. The first-order chi connectivity index (χ1) is 9.83. The molecular formula is C14H22N4O3. The van der Waals surface area contributed by atoms with Gasteiger partial charge >= 0.3 is 0 Å².